The molecule has 116 valence electrons. The van der Waals surface area contributed by atoms with Crippen LogP contribution in [0.15, 0.2) is 24.3 Å². The summed E-state index contributed by atoms with van der Waals surface area (Å²) in [6.45, 7) is 4.33. The lowest BCUT2D eigenvalue weighted by atomic mass is 9.76. The van der Waals surface area contributed by atoms with Crippen molar-refractivity contribution in [1.29, 1.82) is 0 Å². The van der Waals surface area contributed by atoms with Crippen LogP contribution >= 0.6 is 0 Å². The number of hydrogen-bond acceptors (Lipinski definition) is 2. The van der Waals surface area contributed by atoms with Crippen molar-refractivity contribution in [3.63, 3.8) is 0 Å². The Morgan fingerprint density at radius 2 is 2.14 bits per heavy atom. The zero-order valence-corrected chi connectivity index (χ0v) is 13.0. The Bertz CT molecular complexity index is 472. The Labute approximate surface area is 127 Å². The van der Waals surface area contributed by atoms with E-state index in [4.69, 9.17) is 5.73 Å². The van der Waals surface area contributed by atoms with E-state index < -0.39 is 0 Å². The number of hydrogen-bond donors (Lipinski definition) is 1. The zero-order chi connectivity index (χ0) is 14.8. The minimum Gasteiger partial charge on any atom is -0.327 e. The topological polar surface area (TPSA) is 29.3 Å². The second-order valence-electron chi connectivity index (χ2n) is 6.87. The van der Waals surface area contributed by atoms with Crippen molar-refractivity contribution in [1.82, 2.24) is 4.90 Å². The van der Waals surface area contributed by atoms with E-state index in [1.807, 2.05) is 12.1 Å². The van der Waals surface area contributed by atoms with Crippen LogP contribution in [-0.4, -0.2) is 30.1 Å². The molecule has 3 atom stereocenters. The molecule has 3 heteroatoms. The summed E-state index contributed by atoms with van der Waals surface area (Å²) in [7, 11) is 0. The van der Waals surface area contributed by atoms with E-state index in [1.165, 1.54) is 31.7 Å². The van der Waals surface area contributed by atoms with E-state index in [-0.39, 0.29) is 11.9 Å². The van der Waals surface area contributed by atoms with Crippen molar-refractivity contribution in [2.24, 2.45) is 11.7 Å². The van der Waals surface area contributed by atoms with Crippen LogP contribution in [0.5, 0.6) is 0 Å². The minimum atomic E-state index is -0.135. The third-order valence-electron chi connectivity index (χ3n) is 5.41. The van der Waals surface area contributed by atoms with Crippen LogP contribution in [0.2, 0.25) is 0 Å². The van der Waals surface area contributed by atoms with Crippen molar-refractivity contribution in [2.75, 3.05) is 13.1 Å². The summed E-state index contributed by atoms with van der Waals surface area (Å²) >= 11 is 0. The molecule has 2 nitrogen and oxygen atoms in total. The molecule has 2 fully saturated rings. The molecule has 1 aliphatic carbocycles. The lowest BCUT2D eigenvalue weighted by molar-refractivity contribution is 0.0605. The largest absolute Gasteiger partial charge is 0.327 e. The Balaban J connectivity index is 1.74. The average Bonchev–Trinajstić information content (AvgIpc) is 2.42. The van der Waals surface area contributed by atoms with E-state index in [1.54, 1.807) is 6.07 Å². The number of nitrogens with zero attached hydrogens (tertiary/aromatic N) is 1. The molecule has 0 amide bonds. The van der Waals surface area contributed by atoms with Crippen molar-refractivity contribution in [3.8, 4) is 0 Å². The smallest absolute Gasteiger partial charge is 0.123 e. The quantitative estimate of drug-likeness (QED) is 0.919. The number of halogens is 1. The minimum absolute atomic E-state index is 0.135. The molecule has 0 bridgehead atoms. The van der Waals surface area contributed by atoms with Crippen LogP contribution in [0.25, 0.3) is 0 Å². The molecule has 1 aromatic carbocycles. The van der Waals surface area contributed by atoms with Crippen molar-refractivity contribution < 1.29 is 4.39 Å². The van der Waals surface area contributed by atoms with E-state index in [2.05, 4.69) is 11.8 Å². The summed E-state index contributed by atoms with van der Waals surface area (Å²) in [4.78, 5) is 2.59. The van der Waals surface area contributed by atoms with Gasteiger partial charge < -0.3 is 5.73 Å². The maximum absolute atomic E-state index is 13.5. The SMILES string of the molecule is CCC(C1CCC1)N1CC(N)CC(c2cccc(F)c2)C1. The maximum atomic E-state index is 13.5. The maximum Gasteiger partial charge on any atom is 0.123 e. The first-order chi connectivity index (χ1) is 10.2. The lowest BCUT2D eigenvalue weighted by Gasteiger charge is -2.46. The molecule has 0 radical (unpaired) electrons. The van der Waals surface area contributed by atoms with Crippen LogP contribution in [-0.2, 0) is 0 Å². The second-order valence-corrected chi connectivity index (χ2v) is 6.87. The van der Waals surface area contributed by atoms with Gasteiger partial charge in [-0.15, -0.1) is 0 Å². The predicted octanol–water partition coefficient (Wildman–Crippen LogP) is 3.52. The molecule has 1 aliphatic heterocycles. The van der Waals surface area contributed by atoms with Gasteiger partial charge in [0.05, 0.1) is 0 Å². The first-order valence-corrected chi connectivity index (χ1v) is 8.42. The molecule has 0 spiro atoms. The summed E-state index contributed by atoms with van der Waals surface area (Å²) in [6.07, 6.45) is 6.30. The Morgan fingerprint density at radius 1 is 1.33 bits per heavy atom. The Hall–Kier alpha value is -0.930. The molecule has 2 aliphatic rings. The van der Waals surface area contributed by atoms with E-state index in [0.717, 1.165) is 31.0 Å². The Kier molecular flexibility index (Phi) is 4.60. The van der Waals surface area contributed by atoms with Gasteiger partial charge in [0.15, 0.2) is 0 Å². The number of nitrogens with two attached hydrogens (primary N) is 1. The van der Waals surface area contributed by atoms with Crippen molar-refractivity contribution in [2.45, 2.75) is 57.0 Å². The van der Waals surface area contributed by atoms with E-state index in [0.29, 0.717) is 12.0 Å². The van der Waals surface area contributed by atoms with Gasteiger partial charge in [-0.3, -0.25) is 4.90 Å². The third-order valence-corrected chi connectivity index (χ3v) is 5.41. The lowest BCUT2D eigenvalue weighted by Crippen LogP contribution is -2.53. The molecule has 2 N–H and O–H groups in total. The highest BCUT2D eigenvalue weighted by Crippen LogP contribution is 2.37. The van der Waals surface area contributed by atoms with Crippen LogP contribution in [0.3, 0.4) is 0 Å². The highest BCUT2D eigenvalue weighted by Gasteiger charge is 2.35. The number of benzene rings is 1. The van der Waals surface area contributed by atoms with Crippen LogP contribution in [0.1, 0.15) is 50.5 Å². The summed E-state index contributed by atoms with van der Waals surface area (Å²) in [6, 6.07) is 7.95. The normalized spacial score (nSPS) is 29.1. The Morgan fingerprint density at radius 3 is 2.76 bits per heavy atom. The summed E-state index contributed by atoms with van der Waals surface area (Å²) in [5.41, 5.74) is 7.42. The highest BCUT2D eigenvalue weighted by molar-refractivity contribution is 5.22. The van der Waals surface area contributed by atoms with Crippen molar-refractivity contribution >= 4 is 0 Å². The summed E-state index contributed by atoms with van der Waals surface area (Å²) < 4.78 is 13.5. The number of rotatable bonds is 4. The van der Waals surface area contributed by atoms with Gasteiger partial charge in [-0.05, 0) is 55.2 Å². The number of likely N-dealkylation sites (tertiary alicyclic amines) is 1. The molecule has 1 aromatic rings. The number of piperidine rings is 1. The monoisotopic (exact) mass is 290 g/mol. The van der Waals surface area contributed by atoms with Gasteiger partial charge in [0, 0.05) is 25.2 Å². The highest BCUT2D eigenvalue weighted by atomic mass is 19.1. The molecule has 0 aromatic heterocycles. The molecule has 1 saturated carbocycles. The fraction of sp³-hybridized carbons (Fsp3) is 0.667. The molecule has 3 unspecified atom stereocenters. The van der Waals surface area contributed by atoms with Crippen molar-refractivity contribution in [3.05, 3.63) is 35.6 Å². The first kappa shape index (κ1) is 15.0. The van der Waals surface area contributed by atoms with Gasteiger partial charge in [-0.25, -0.2) is 4.39 Å². The van der Waals surface area contributed by atoms with Gasteiger partial charge in [0.25, 0.3) is 0 Å². The predicted molar refractivity (Wildman–Crippen MR) is 84.7 cm³/mol. The summed E-state index contributed by atoms with van der Waals surface area (Å²) in [5, 5.41) is 0. The van der Waals surface area contributed by atoms with Crippen LogP contribution < -0.4 is 5.73 Å². The first-order valence-electron chi connectivity index (χ1n) is 8.42. The van der Waals surface area contributed by atoms with E-state index in [9.17, 15) is 4.39 Å². The molecule has 21 heavy (non-hydrogen) atoms. The molecular formula is C18H27FN2. The molecule has 3 rings (SSSR count). The fourth-order valence-electron chi connectivity index (χ4n) is 4.16. The zero-order valence-electron chi connectivity index (χ0n) is 13.0. The summed E-state index contributed by atoms with van der Waals surface area (Å²) in [5.74, 6) is 1.09. The van der Waals surface area contributed by atoms with Crippen LogP contribution in [0, 0.1) is 11.7 Å². The fourth-order valence-corrected chi connectivity index (χ4v) is 4.16. The molecular weight excluding hydrogens is 263 g/mol. The van der Waals surface area contributed by atoms with E-state index >= 15 is 0 Å². The van der Waals surface area contributed by atoms with Gasteiger partial charge in [0.1, 0.15) is 5.82 Å². The molecule has 1 heterocycles. The van der Waals surface area contributed by atoms with Gasteiger partial charge in [-0.2, -0.15) is 0 Å². The van der Waals surface area contributed by atoms with Gasteiger partial charge >= 0.3 is 0 Å². The average molecular weight is 290 g/mol. The second kappa shape index (κ2) is 6.45. The van der Waals surface area contributed by atoms with Gasteiger partial charge in [0.2, 0.25) is 0 Å². The van der Waals surface area contributed by atoms with Gasteiger partial charge in [-0.1, -0.05) is 25.5 Å². The molecule has 1 saturated heterocycles. The third kappa shape index (κ3) is 3.29. The van der Waals surface area contributed by atoms with Crippen LogP contribution in [0.4, 0.5) is 4.39 Å². The standard InChI is InChI=1S/C18H27FN2/c1-2-18(13-5-3-6-13)21-11-15(10-17(20)12-21)14-7-4-8-16(19)9-14/h4,7-9,13,15,17-18H,2-3,5-6,10-12,20H2,1H3.